The van der Waals surface area contributed by atoms with Gasteiger partial charge in [-0.3, -0.25) is 0 Å². The van der Waals surface area contributed by atoms with Crippen molar-refractivity contribution in [3.63, 3.8) is 0 Å². The van der Waals surface area contributed by atoms with Gasteiger partial charge in [-0.15, -0.1) is 0 Å². The molecule has 1 unspecified atom stereocenters. The van der Waals surface area contributed by atoms with E-state index in [0.717, 1.165) is 13.0 Å². The Balaban J connectivity index is 2.21. The minimum absolute atomic E-state index is 0.0599. The number of aliphatic hydroxyl groups is 2. The van der Waals surface area contributed by atoms with Crippen LogP contribution in [-0.2, 0) is 6.61 Å². The predicted octanol–water partition coefficient (Wildman–Crippen LogP) is 0.798. The molecule has 4 nitrogen and oxygen atoms in total. The molecule has 1 aromatic heterocycles. The highest BCUT2D eigenvalue weighted by molar-refractivity contribution is 6.33. The second kappa shape index (κ2) is 4.35. The topological polar surface area (TPSA) is 56.6 Å². The van der Waals surface area contributed by atoms with Crippen LogP contribution in [0.15, 0.2) is 12.3 Å². The fourth-order valence-corrected chi connectivity index (χ4v) is 2.03. The number of nitrogens with zero attached hydrogens (tertiary/aromatic N) is 2. The third-order valence-electron chi connectivity index (χ3n) is 2.52. The Labute approximate surface area is 93.1 Å². The van der Waals surface area contributed by atoms with Crippen molar-refractivity contribution < 1.29 is 10.2 Å². The van der Waals surface area contributed by atoms with E-state index >= 15 is 0 Å². The van der Waals surface area contributed by atoms with Gasteiger partial charge in [0.1, 0.15) is 5.82 Å². The van der Waals surface area contributed by atoms with E-state index in [1.807, 2.05) is 4.90 Å². The molecule has 0 aliphatic carbocycles. The quantitative estimate of drug-likeness (QED) is 0.786. The summed E-state index contributed by atoms with van der Waals surface area (Å²) in [5.41, 5.74) is 0.698. The van der Waals surface area contributed by atoms with E-state index in [-0.39, 0.29) is 12.7 Å². The third-order valence-corrected chi connectivity index (χ3v) is 2.80. The predicted molar refractivity (Wildman–Crippen MR) is 58.0 cm³/mol. The summed E-state index contributed by atoms with van der Waals surface area (Å²) in [4.78, 5) is 6.14. The SMILES string of the molecule is OCc1cnc(N2CCC(O)C2)c(Cl)c1. The summed E-state index contributed by atoms with van der Waals surface area (Å²) in [5, 5.41) is 18.8. The molecular formula is C10H13ClN2O2. The van der Waals surface area contributed by atoms with Gasteiger partial charge in [0.2, 0.25) is 0 Å². The molecule has 2 heterocycles. The lowest BCUT2D eigenvalue weighted by atomic mass is 10.3. The van der Waals surface area contributed by atoms with Gasteiger partial charge < -0.3 is 15.1 Å². The molecule has 82 valence electrons. The molecule has 1 saturated heterocycles. The Morgan fingerprint density at radius 1 is 1.60 bits per heavy atom. The molecular weight excluding hydrogens is 216 g/mol. The van der Waals surface area contributed by atoms with E-state index in [1.54, 1.807) is 12.3 Å². The van der Waals surface area contributed by atoms with Crippen LogP contribution >= 0.6 is 11.6 Å². The first kappa shape index (κ1) is 10.7. The average Bonchev–Trinajstić information content (AvgIpc) is 2.64. The molecule has 5 heteroatoms. The van der Waals surface area contributed by atoms with E-state index in [0.29, 0.717) is 22.9 Å². The minimum atomic E-state index is -0.291. The van der Waals surface area contributed by atoms with E-state index in [1.165, 1.54) is 0 Å². The van der Waals surface area contributed by atoms with Crippen molar-refractivity contribution in [3.05, 3.63) is 22.8 Å². The number of hydrogen-bond acceptors (Lipinski definition) is 4. The minimum Gasteiger partial charge on any atom is -0.392 e. The van der Waals surface area contributed by atoms with Crippen LogP contribution < -0.4 is 4.90 Å². The van der Waals surface area contributed by atoms with Gasteiger partial charge in [0.25, 0.3) is 0 Å². The Bertz CT molecular complexity index is 359. The maximum absolute atomic E-state index is 9.40. The lowest BCUT2D eigenvalue weighted by Gasteiger charge is -2.18. The summed E-state index contributed by atoms with van der Waals surface area (Å²) < 4.78 is 0. The van der Waals surface area contributed by atoms with Gasteiger partial charge in [-0.2, -0.15) is 0 Å². The molecule has 0 radical (unpaired) electrons. The number of hydrogen-bond donors (Lipinski definition) is 2. The molecule has 2 N–H and O–H groups in total. The van der Waals surface area contributed by atoms with Crippen LogP contribution in [0.4, 0.5) is 5.82 Å². The van der Waals surface area contributed by atoms with Crippen LogP contribution in [0, 0.1) is 0 Å². The summed E-state index contributed by atoms with van der Waals surface area (Å²) in [5.74, 6) is 0.686. The Hall–Kier alpha value is -0.840. The Kier molecular flexibility index (Phi) is 3.09. The van der Waals surface area contributed by atoms with Crippen LogP contribution in [0.25, 0.3) is 0 Å². The normalized spacial score (nSPS) is 21.0. The molecule has 0 saturated carbocycles. The first-order valence-electron chi connectivity index (χ1n) is 4.89. The average molecular weight is 229 g/mol. The highest BCUT2D eigenvalue weighted by atomic mass is 35.5. The molecule has 0 spiro atoms. The number of aliphatic hydroxyl groups excluding tert-OH is 2. The van der Waals surface area contributed by atoms with E-state index in [2.05, 4.69) is 4.98 Å². The highest BCUT2D eigenvalue weighted by Crippen LogP contribution is 2.27. The maximum atomic E-state index is 9.40. The Morgan fingerprint density at radius 3 is 2.93 bits per heavy atom. The van der Waals surface area contributed by atoms with E-state index in [4.69, 9.17) is 16.7 Å². The molecule has 0 bridgehead atoms. The lowest BCUT2D eigenvalue weighted by Crippen LogP contribution is -2.22. The standard InChI is InChI=1S/C10H13ClN2O2/c11-9-3-7(6-14)4-12-10(9)13-2-1-8(15)5-13/h3-4,8,14-15H,1-2,5-6H2. The number of rotatable bonds is 2. The number of aromatic nitrogens is 1. The van der Waals surface area contributed by atoms with Gasteiger partial charge in [-0.25, -0.2) is 4.98 Å². The van der Waals surface area contributed by atoms with Gasteiger partial charge in [-0.1, -0.05) is 11.6 Å². The second-order valence-electron chi connectivity index (χ2n) is 3.70. The van der Waals surface area contributed by atoms with Crippen LogP contribution in [0.2, 0.25) is 5.02 Å². The summed E-state index contributed by atoms with van der Waals surface area (Å²) in [7, 11) is 0. The molecule has 15 heavy (non-hydrogen) atoms. The van der Waals surface area contributed by atoms with Crippen LogP contribution in [0.3, 0.4) is 0 Å². The summed E-state index contributed by atoms with van der Waals surface area (Å²) in [6, 6.07) is 1.70. The number of pyridine rings is 1. The molecule has 0 aromatic carbocycles. The van der Waals surface area contributed by atoms with Crippen molar-refractivity contribution in [1.29, 1.82) is 0 Å². The number of anilines is 1. The van der Waals surface area contributed by atoms with Crippen LogP contribution in [-0.4, -0.2) is 34.4 Å². The summed E-state index contributed by atoms with van der Waals surface area (Å²) >= 11 is 6.04. The second-order valence-corrected chi connectivity index (χ2v) is 4.10. The number of β-amino-alcohol motifs (C(OH)–C–C–N with tert-alkyl or cyclic N) is 1. The van der Waals surface area contributed by atoms with Crippen LogP contribution in [0.5, 0.6) is 0 Å². The molecule has 1 aliphatic heterocycles. The van der Waals surface area contributed by atoms with E-state index in [9.17, 15) is 5.11 Å². The zero-order valence-corrected chi connectivity index (χ0v) is 8.98. The van der Waals surface area contributed by atoms with Crippen molar-refractivity contribution in [3.8, 4) is 0 Å². The van der Waals surface area contributed by atoms with Crippen molar-refractivity contribution in [2.75, 3.05) is 18.0 Å². The molecule has 1 fully saturated rings. The maximum Gasteiger partial charge on any atom is 0.147 e. The fourth-order valence-electron chi connectivity index (χ4n) is 1.72. The summed E-state index contributed by atoms with van der Waals surface area (Å²) in [6.07, 6.45) is 2.06. The zero-order valence-electron chi connectivity index (χ0n) is 8.23. The number of halogens is 1. The van der Waals surface area contributed by atoms with Crippen molar-refractivity contribution in [1.82, 2.24) is 4.98 Å². The van der Waals surface area contributed by atoms with Crippen molar-refractivity contribution >= 4 is 17.4 Å². The molecule has 1 aliphatic rings. The molecule has 2 rings (SSSR count). The monoisotopic (exact) mass is 228 g/mol. The van der Waals surface area contributed by atoms with Gasteiger partial charge in [0.15, 0.2) is 0 Å². The van der Waals surface area contributed by atoms with E-state index < -0.39 is 0 Å². The lowest BCUT2D eigenvalue weighted by molar-refractivity contribution is 0.198. The van der Waals surface area contributed by atoms with Gasteiger partial charge in [-0.05, 0) is 18.1 Å². The van der Waals surface area contributed by atoms with Gasteiger partial charge in [0, 0.05) is 19.3 Å². The van der Waals surface area contributed by atoms with Crippen molar-refractivity contribution in [2.45, 2.75) is 19.1 Å². The van der Waals surface area contributed by atoms with Gasteiger partial charge >= 0.3 is 0 Å². The first-order chi connectivity index (χ1) is 7.20. The Morgan fingerprint density at radius 2 is 2.40 bits per heavy atom. The highest BCUT2D eigenvalue weighted by Gasteiger charge is 2.22. The molecule has 0 amide bonds. The zero-order chi connectivity index (χ0) is 10.8. The molecule has 1 atom stereocenters. The van der Waals surface area contributed by atoms with Crippen molar-refractivity contribution in [2.24, 2.45) is 0 Å². The van der Waals surface area contributed by atoms with Gasteiger partial charge in [0.05, 0.1) is 17.7 Å². The summed E-state index contributed by atoms with van der Waals surface area (Å²) in [6.45, 7) is 1.28. The first-order valence-corrected chi connectivity index (χ1v) is 5.27. The third kappa shape index (κ3) is 2.22. The fraction of sp³-hybridized carbons (Fsp3) is 0.500. The smallest absolute Gasteiger partial charge is 0.147 e. The molecule has 1 aromatic rings. The van der Waals surface area contributed by atoms with Crippen LogP contribution in [0.1, 0.15) is 12.0 Å². The largest absolute Gasteiger partial charge is 0.392 e.